The minimum absolute atomic E-state index is 0.0157. The Bertz CT molecular complexity index is 523. The summed E-state index contributed by atoms with van der Waals surface area (Å²) in [5, 5.41) is 0. The van der Waals surface area contributed by atoms with E-state index in [2.05, 4.69) is 0 Å². The lowest BCUT2D eigenvalue weighted by Crippen LogP contribution is -2.49. The second-order valence-electron chi connectivity index (χ2n) is 5.94. The second-order valence-corrected chi connectivity index (χ2v) is 5.94. The molecule has 0 aromatic heterocycles. The quantitative estimate of drug-likeness (QED) is 0.453. The first-order valence-electron chi connectivity index (χ1n) is 8.62. The fourth-order valence-electron chi connectivity index (χ4n) is 2.52. The largest absolute Gasteiger partial charge is 0.459 e. The van der Waals surface area contributed by atoms with E-state index in [-0.39, 0.29) is 38.2 Å². The predicted octanol–water partition coefficient (Wildman–Crippen LogP) is 2.98. The van der Waals surface area contributed by atoms with Crippen molar-refractivity contribution < 1.29 is 23.5 Å². The van der Waals surface area contributed by atoms with Crippen LogP contribution in [0.1, 0.15) is 32.8 Å². The van der Waals surface area contributed by atoms with Crippen LogP contribution in [0.4, 0.5) is 4.39 Å². The topological polar surface area (TPSA) is 55.8 Å². The molecule has 1 amide bonds. The van der Waals surface area contributed by atoms with Gasteiger partial charge in [0.1, 0.15) is 19.3 Å². The monoisotopic (exact) mass is 353 g/mol. The van der Waals surface area contributed by atoms with Crippen LogP contribution in [0.25, 0.3) is 0 Å². The second kappa shape index (κ2) is 11.6. The Morgan fingerprint density at radius 1 is 1.20 bits per heavy atom. The summed E-state index contributed by atoms with van der Waals surface area (Å²) in [5.41, 5.74) is 0.888. The molecule has 1 aromatic carbocycles. The van der Waals surface area contributed by atoms with Crippen molar-refractivity contribution in [3.63, 3.8) is 0 Å². The molecule has 0 saturated heterocycles. The summed E-state index contributed by atoms with van der Waals surface area (Å²) < 4.78 is 22.7. The molecule has 0 N–H and O–H groups in total. The summed E-state index contributed by atoms with van der Waals surface area (Å²) in [6.07, 6.45) is 0.722. The highest BCUT2D eigenvalue weighted by molar-refractivity contribution is 5.83. The van der Waals surface area contributed by atoms with Crippen LogP contribution in [-0.2, 0) is 25.7 Å². The normalized spacial score (nSPS) is 13.1. The van der Waals surface area contributed by atoms with Crippen LogP contribution in [0.15, 0.2) is 30.3 Å². The predicted molar refractivity (Wildman–Crippen MR) is 93.7 cm³/mol. The summed E-state index contributed by atoms with van der Waals surface area (Å²) >= 11 is 0. The maximum atomic E-state index is 12.6. The van der Waals surface area contributed by atoms with Crippen molar-refractivity contribution in [3.8, 4) is 0 Å². The molecule has 0 radical (unpaired) electrons. The average Bonchev–Trinajstić information content (AvgIpc) is 2.62. The molecule has 0 saturated carbocycles. The molecule has 6 heteroatoms. The lowest BCUT2D eigenvalue weighted by atomic mass is 9.97. The molecule has 1 rings (SSSR count). The maximum Gasteiger partial charge on any atom is 0.329 e. The number of esters is 1. The van der Waals surface area contributed by atoms with Gasteiger partial charge in [-0.15, -0.1) is 0 Å². The molecule has 0 heterocycles. The zero-order valence-corrected chi connectivity index (χ0v) is 15.2. The highest BCUT2D eigenvalue weighted by atomic mass is 19.1. The van der Waals surface area contributed by atoms with Gasteiger partial charge in [-0.3, -0.25) is 4.79 Å². The van der Waals surface area contributed by atoms with Crippen molar-refractivity contribution in [2.24, 2.45) is 5.92 Å². The van der Waals surface area contributed by atoms with Crippen molar-refractivity contribution in [2.45, 2.75) is 39.8 Å². The van der Waals surface area contributed by atoms with E-state index in [0.29, 0.717) is 0 Å². The van der Waals surface area contributed by atoms with Gasteiger partial charge in [-0.1, -0.05) is 50.6 Å². The molecule has 0 aliphatic rings. The van der Waals surface area contributed by atoms with Gasteiger partial charge in [0, 0.05) is 13.5 Å². The van der Waals surface area contributed by atoms with Gasteiger partial charge in [0.15, 0.2) is 0 Å². The third kappa shape index (κ3) is 7.22. The van der Waals surface area contributed by atoms with Crippen LogP contribution in [0.5, 0.6) is 0 Å². The smallest absolute Gasteiger partial charge is 0.329 e. The number of carbonyl (C=O) groups is 2. The van der Waals surface area contributed by atoms with Crippen molar-refractivity contribution >= 4 is 11.9 Å². The number of carbonyl (C=O) groups excluding carboxylic acids is 2. The Morgan fingerprint density at radius 2 is 1.88 bits per heavy atom. The Labute approximate surface area is 149 Å². The highest BCUT2D eigenvalue weighted by Gasteiger charge is 2.33. The average molecular weight is 353 g/mol. The van der Waals surface area contributed by atoms with Crippen LogP contribution in [0.3, 0.4) is 0 Å². The Kier molecular flexibility index (Phi) is 9.77. The fourth-order valence-corrected chi connectivity index (χ4v) is 2.52. The molecule has 0 unspecified atom stereocenters. The summed E-state index contributed by atoms with van der Waals surface area (Å²) in [4.78, 5) is 26.1. The van der Waals surface area contributed by atoms with Crippen LogP contribution in [0, 0.1) is 5.92 Å². The van der Waals surface area contributed by atoms with E-state index in [4.69, 9.17) is 9.47 Å². The molecule has 1 aromatic rings. The standard InChI is InChI=1S/C19H28FNO4/c1-4-15(2)18(21(16(3)22)11-13-24-12-10-20)19(23)25-14-17-8-6-5-7-9-17/h5-9,15,18H,4,10-14H2,1-3H3/t15-,18-/m0/s1. The Hall–Kier alpha value is -1.95. The zero-order valence-electron chi connectivity index (χ0n) is 15.2. The minimum atomic E-state index is -0.680. The number of rotatable bonds is 11. The first kappa shape index (κ1) is 21.1. The molecule has 140 valence electrons. The molecule has 0 aliphatic heterocycles. The molecule has 2 atom stereocenters. The lowest BCUT2D eigenvalue weighted by Gasteiger charge is -2.33. The maximum absolute atomic E-state index is 12.6. The molecular formula is C19H28FNO4. The number of benzene rings is 1. The van der Waals surface area contributed by atoms with Gasteiger partial charge in [0.2, 0.25) is 5.91 Å². The van der Waals surface area contributed by atoms with Gasteiger partial charge in [-0.2, -0.15) is 0 Å². The van der Waals surface area contributed by atoms with Crippen LogP contribution < -0.4 is 0 Å². The van der Waals surface area contributed by atoms with Crippen molar-refractivity contribution in [2.75, 3.05) is 26.4 Å². The summed E-state index contributed by atoms with van der Waals surface area (Å²) in [6, 6.07) is 8.71. The minimum Gasteiger partial charge on any atom is -0.459 e. The number of ether oxygens (including phenoxy) is 2. The number of alkyl halides is 1. The molecule has 0 bridgehead atoms. The van der Waals surface area contributed by atoms with Crippen LogP contribution in [0.2, 0.25) is 0 Å². The van der Waals surface area contributed by atoms with E-state index in [1.165, 1.54) is 11.8 Å². The van der Waals surface area contributed by atoms with Gasteiger partial charge >= 0.3 is 5.97 Å². The first-order valence-corrected chi connectivity index (χ1v) is 8.62. The molecular weight excluding hydrogens is 325 g/mol. The van der Waals surface area contributed by atoms with E-state index in [1.807, 2.05) is 44.2 Å². The SMILES string of the molecule is CC[C@H](C)[C@@H](C(=O)OCc1ccccc1)N(CCOCCF)C(C)=O. The van der Waals surface area contributed by atoms with Crippen LogP contribution >= 0.6 is 0 Å². The van der Waals surface area contributed by atoms with Gasteiger partial charge < -0.3 is 14.4 Å². The summed E-state index contributed by atoms with van der Waals surface area (Å²) in [5.74, 6) is -0.724. The zero-order chi connectivity index (χ0) is 18.7. The Morgan fingerprint density at radius 3 is 2.44 bits per heavy atom. The van der Waals surface area contributed by atoms with E-state index in [0.717, 1.165) is 12.0 Å². The third-order valence-corrected chi connectivity index (χ3v) is 4.09. The van der Waals surface area contributed by atoms with Crippen molar-refractivity contribution in [1.29, 1.82) is 0 Å². The van der Waals surface area contributed by atoms with Crippen molar-refractivity contribution in [1.82, 2.24) is 4.90 Å². The third-order valence-electron chi connectivity index (χ3n) is 4.09. The molecule has 5 nitrogen and oxygen atoms in total. The number of amides is 1. The van der Waals surface area contributed by atoms with Gasteiger partial charge in [0.05, 0.1) is 13.2 Å². The molecule has 0 aliphatic carbocycles. The van der Waals surface area contributed by atoms with Crippen molar-refractivity contribution in [3.05, 3.63) is 35.9 Å². The molecule has 0 fully saturated rings. The molecule has 0 spiro atoms. The summed E-state index contributed by atoms with van der Waals surface area (Å²) in [7, 11) is 0. The number of hydrogen-bond donors (Lipinski definition) is 0. The fraction of sp³-hybridized carbons (Fsp3) is 0.579. The van der Waals surface area contributed by atoms with Gasteiger partial charge in [-0.25, -0.2) is 9.18 Å². The summed E-state index contributed by atoms with van der Waals surface area (Å²) in [6.45, 7) is 5.26. The van der Waals surface area contributed by atoms with E-state index in [9.17, 15) is 14.0 Å². The highest BCUT2D eigenvalue weighted by Crippen LogP contribution is 2.18. The first-order chi connectivity index (χ1) is 12.0. The van der Waals surface area contributed by atoms with Crippen LogP contribution in [-0.4, -0.2) is 49.3 Å². The van der Waals surface area contributed by atoms with E-state index in [1.54, 1.807) is 0 Å². The molecule has 25 heavy (non-hydrogen) atoms. The number of hydrogen-bond acceptors (Lipinski definition) is 4. The lowest BCUT2D eigenvalue weighted by molar-refractivity contribution is -0.158. The number of halogens is 1. The number of nitrogens with zero attached hydrogens (tertiary/aromatic N) is 1. The van der Waals surface area contributed by atoms with Gasteiger partial charge in [0.25, 0.3) is 0 Å². The van der Waals surface area contributed by atoms with E-state index < -0.39 is 18.7 Å². The van der Waals surface area contributed by atoms with Gasteiger partial charge in [-0.05, 0) is 11.5 Å². The van der Waals surface area contributed by atoms with E-state index >= 15 is 0 Å². The Balaban J connectivity index is 2.77.